The Kier molecular flexibility index (Phi) is 1.66. The van der Waals surface area contributed by atoms with Gasteiger partial charge in [0.15, 0.2) is 0 Å². The van der Waals surface area contributed by atoms with Crippen LogP contribution in [0.1, 0.15) is 5.56 Å². The number of amides is 1. The lowest BCUT2D eigenvalue weighted by Crippen LogP contribution is -2.14. The maximum Gasteiger partial charge on any atom is 0.252 e. The number of hydrogen-bond donors (Lipinski definition) is 1. The third-order valence-corrected chi connectivity index (χ3v) is 1.57. The van der Waals surface area contributed by atoms with Crippen LogP contribution in [0.4, 0.5) is 0 Å². The van der Waals surface area contributed by atoms with Crippen molar-refractivity contribution in [3.05, 3.63) is 24.3 Å². The number of rotatable bonds is 2. The Morgan fingerprint density at radius 3 is 3.15 bits per heavy atom. The molecule has 0 atom stereocenters. The molecule has 0 spiro atoms. The van der Waals surface area contributed by atoms with Crippen LogP contribution in [0.2, 0.25) is 0 Å². The Balaban J connectivity index is 2.42. The molecule has 6 heteroatoms. The maximum absolute atomic E-state index is 10.6. The number of primary amides is 1. The van der Waals surface area contributed by atoms with E-state index in [0.29, 0.717) is 5.78 Å². The van der Waals surface area contributed by atoms with Gasteiger partial charge in [-0.1, -0.05) is 0 Å². The minimum atomic E-state index is -0.388. The van der Waals surface area contributed by atoms with Crippen LogP contribution in [0.25, 0.3) is 5.78 Å². The third kappa shape index (κ3) is 1.46. The van der Waals surface area contributed by atoms with Crippen molar-refractivity contribution < 1.29 is 4.79 Å². The van der Waals surface area contributed by atoms with Gasteiger partial charge in [-0.25, -0.2) is 9.50 Å². The van der Waals surface area contributed by atoms with Gasteiger partial charge in [-0.3, -0.25) is 4.79 Å². The Morgan fingerprint density at radius 2 is 2.38 bits per heavy atom. The van der Waals surface area contributed by atoms with E-state index >= 15 is 0 Å². The average molecular weight is 177 g/mol. The molecule has 2 rings (SSSR count). The summed E-state index contributed by atoms with van der Waals surface area (Å²) in [4.78, 5) is 18.4. The van der Waals surface area contributed by atoms with Crippen LogP contribution in [0.15, 0.2) is 18.7 Å². The number of nitrogens with zero attached hydrogens (tertiary/aromatic N) is 4. The summed E-state index contributed by atoms with van der Waals surface area (Å²) in [6, 6.07) is 0. The van der Waals surface area contributed by atoms with E-state index in [0.717, 1.165) is 5.56 Å². The second-order valence-corrected chi connectivity index (χ2v) is 2.61. The largest absolute Gasteiger partial charge is 0.369 e. The van der Waals surface area contributed by atoms with Crippen LogP contribution in [0.3, 0.4) is 0 Å². The Morgan fingerprint density at radius 1 is 1.54 bits per heavy atom. The number of carbonyl (C=O) groups is 1. The van der Waals surface area contributed by atoms with Crippen molar-refractivity contribution in [1.29, 1.82) is 0 Å². The first-order valence-electron chi connectivity index (χ1n) is 3.68. The summed E-state index contributed by atoms with van der Waals surface area (Å²) >= 11 is 0. The number of fused-ring (bicyclic) bond motifs is 1. The van der Waals surface area contributed by atoms with Crippen LogP contribution >= 0.6 is 0 Å². The molecule has 6 nitrogen and oxygen atoms in total. The molecule has 66 valence electrons. The molecular weight excluding hydrogens is 170 g/mol. The fourth-order valence-electron chi connectivity index (χ4n) is 1.05. The Labute approximate surface area is 73.4 Å². The molecule has 2 N–H and O–H groups in total. The second kappa shape index (κ2) is 2.81. The van der Waals surface area contributed by atoms with Crippen LogP contribution in [-0.2, 0) is 11.2 Å². The van der Waals surface area contributed by atoms with Crippen molar-refractivity contribution >= 4 is 11.7 Å². The van der Waals surface area contributed by atoms with E-state index in [4.69, 9.17) is 5.73 Å². The molecule has 13 heavy (non-hydrogen) atoms. The Hall–Kier alpha value is -1.98. The minimum absolute atomic E-state index is 0.169. The highest BCUT2D eigenvalue weighted by molar-refractivity contribution is 5.76. The van der Waals surface area contributed by atoms with Gasteiger partial charge in [-0.05, 0) is 5.56 Å². The predicted molar refractivity (Wildman–Crippen MR) is 43.7 cm³/mol. The third-order valence-electron chi connectivity index (χ3n) is 1.57. The van der Waals surface area contributed by atoms with E-state index in [2.05, 4.69) is 15.1 Å². The highest BCUT2D eigenvalue weighted by Gasteiger charge is 2.01. The molecule has 0 aromatic carbocycles. The highest BCUT2D eigenvalue weighted by atomic mass is 16.1. The SMILES string of the molecule is NC(=O)Cc1cnc2ncnn2c1. The minimum Gasteiger partial charge on any atom is -0.369 e. The normalized spacial score (nSPS) is 10.5. The van der Waals surface area contributed by atoms with E-state index in [1.807, 2.05) is 0 Å². The number of nitrogens with two attached hydrogens (primary N) is 1. The molecule has 0 saturated heterocycles. The zero-order valence-electron chi connectivity index (χ0n) is 6.71. The zero-order valence-corrected chi connectivity index (χ0v) is 6.71. The van der Waals surface area contributed by atoms with E-state index < -0.39 is 0 Å². The van der Waals surface area contributed by atoms with Crippen molar-refractivity contribution in [2.45, 2.75) is 6.42 Å². The van der Waals surface area contributed by atoms with E-state index in [-0.39, 0.29) is 12.3 Å². The van der Waals surface area contributed by atoms with Crippen molar-refractivity contribution in [3.8, 4) is 0 Å². The molecule has 0 radical (unpaired) electrons. The van der Waals surface area contributed by atoms with Gasteiger partial charge in [0, 0.05) is 12.4 Å². The summed E-state index contributed by atoms with van der Waals surface area (Å²) in [6.45, 7) is 0. The molecule has 1 amide bonds. The first-order chi connectivity index (χ1) is 6.25. The van der Waals surface area contributed by atoms with Crippen molar-refractivity contribution in [1.82, 2.24) is 19.6 Å². The van der Waals surface area contributed by atoms with Gasteiger partial charge >= 0.3 is 0 Å². The molecule has 0 fully saturated rings. The van der Waals surface area contributed by atoms with Crippen molar-refractivity contribution in [3.63, 3.8) is 0 Å². The van der Waals surface area contributed by atoms with Gasteiger partial charge in [0.25, 0.3) is 5.78 Å². The van der Waals surface area contributed by atoms with Gasteiger partial charge in [0.2, 0.25) is 5.91 Å². The van der Waals surface area contributed by atoms with Crippen LogP contribution in [0.5, 0.6) is 0 Å². The number of hydrogen-bond acceptors (Lipinski definition) is 4. The summed E-state index contributed by atoms with van der Waals surface area (Å²) in [5, 5.41) is 3.88. The zero-order chi connectivity index (χ0) is 9.26. The molecule has 2 heterocycles. The lowest BCUT2D eigenvalue weighted by Gasteiger charge is -1.96. The second-order valence-electron chi connectivity index (χ2n) is 2.61. The fraction of sp³-hybridized carbons (Fsp3) is 0.143. The molecule has 0 aliphatic carbocycles. The van der Waals surface area contributed by atoms with E-state index in [9.17, 15) is 4.79 Å². The fourth-order valence-corrected chi connectivity index (χ4v) is 1.05. The molecular formula is C7H7N5O. The number of carbonyl (C=O) groups excluding carboxylic acids is 1. The summed E-state index contributed by atoms with van der Waals surface area (Å²) in [5.41, 5.74) is 5.76. The molecule has 0 saturated carbocycles. The van der Waals surface area contributed by atoms with Crippen molar-refractivity contribution in [2.75, 3.05) is 0 Å². The molecule has 0 unspecified atom stereocenters. The van der Waals surface area contributed by atoms with E-state index in [1.54, 1.807) is 12.4 Å². The van der Waals surface area contributed by atoms with Gasteiger partial charge in [0.05, 0.1) is 6.42 Å². The smallest absolute Gasteiger partial charge is 0.252 e. The molecule has 2 aromatic heterocycles. The molecule has 2 aromatic rings. The summed E-state index contributed by atoms with van der Waals surface area (Å²) in [7, 11) is 0. The summed E-state index contributed by atoms with van der Waals surface area (Å²) in [5.74, 6) is 0.120. The lowest BCUT2D eigenvalue weighted by atomic mass is 10.2. The lowest BCUT2D eigenvalue weighted by molar-refractivity contribution is -0.117. The Bertz CT molecular complexity index is 449. The van der Waals surface area contributed by atoms with Gasteiger partial charge < -0.3 is 5.73 Å². The average Bonchev–Trinajstić information content (AvgIpc) is 2.49. The van der Waals surface area contributed by atoms with Crippen LogP contribution < -0.4 is 5.73 Å². The standard InChI is InChI=1S/C7H7N5O/c8-6(13)1-5-2-9-7-10-4-11-12(7)3-5/h2-4H,1H2,(H2,8,13). The first-order valence-corrected chi connectivity index (χ1v) is 3.68. The van der Waals surface area contributed by atoms with Gasteiger partial charge in [0.1, 0.15) is 6.33 Å². The molecule has 0 aliphatic heterocycles. The topological polar surface area (TPSA) is 86.2 Å². The summed E-state index contributed by atoms with van der Waals surface area (Å²) < 4.78 is 1.50. The maximum atomic E-state index is 10.6. The molecule has 0 bridgehead atoms. The predicted octanol–water partition coefficient (Wildman–Crippen LogP) is -0.848. The van der Waals surface area contributed by atoms with Crippen molar-refractivity contribution in [2.24, 2.45) is 5.73 Å². The monoisotopic (exact) mass is 177 g/mol. The number of aromatic nitrogens is 4. The quantitative estimate of drug-likeness (QED) is 0.647. The summed E-state index contributed by atoms with van der Waals surface area (Å²) in [6.07, 6.45) is 4.81. The molecule has 0 aliphatic rings. The van der Waals surface area contributed by atoms with Crippen LogP contribution in [-0.4, -0.2) is 25.5 Å². The first kappa shape index (κ1) is 7.66. The highest BCUT2D eigenvalue weighted by Crippen LogP contribution is 1.99. The van der Waals surface area contributed by atoms with E-state index in [1.165, 1.54) is 10.8 Å². The van der Waals surface area contributed by atoms with Crippen LogP contribution in [0, 0.1) is 0 Å². The van der Waals surface area contributed by atoms with Gasteiger partial charge in [-0.2, -0.15) is 10.1 Å². The van der Waals surface area contributed by atoms with Gasteiger partial charge in [-0.15, -0.1) is 0 Å².